The van der Waals surface area contributed by atoms with Gasteiger partial charge in [-0.15, -0.1) is 0 Å². The van der Waals surface area contributed by atoms with Crippen molar-refractivity contribution >= 4 is 23.2 Å². The molecule has 19 heavy (non-hydrogen) atoms. The number of rotatable bonds is 4. The Morgan fingerprint density at radius 3 is 2.37 bits per heavy atom. The van der Waals surface area contributed by atoms with Gasteiger partial charge in [0.1, 0.15) is 0 Å². The van der Waals surface area contributed by atoms with Gasteiger partial charge in [-0.05, 0) is 30.7 Å². The van der Waals surface area contributed by atoms with E-state index in [1.807, 2.05) is 29.2 Å². The van der Waals surface area contributed by atoms with Crippen molar-refractivity contribution in [1.82, 2.24) is 4.90 Å². The maximum Gasteiger partial charge on any atom is 0.222 e. The second-order valence-electron chi connectivity index (χ2n) is 4.67. The molecule has 1 saturated heterocycles. The first-order valence-corrected chi connectivity index (χ1v) is 6.97. The number of halogens is 1. The van der Waals surface area contributed by atoms with Crippen molar-refractivity contribution in [2.45, 2.75) is 12.8 Å². The quantitative estimate of drug-likeness (QED) is 0.915. The lowest BCUT2D eigenvalue weighted by atomic mass is 10.2. The van der Waals surface area contributed by atoms with Crippen LogP contribution in [0.25, 0.3) is 0 Å². The molecule has 4 nitrogen and oxygen atoms in total. The minimum Gasteiger partial charge on any atom is -0.396 e. The molecule has 1 aromatic carbocycles. The molecular formula is C14H19ClN2O2. The van der Waals surface area contributed by atoms with Crippen LogP contribution >= 0.6 is 11.6 Å². The van der Waals surface area contributed by atoms with Crippen molar-refractivity contribution in [2.75, 3.05) is 37.7 Å². The second kappa shape index (κ2) is 6.78. The van der Waals surface area contributed by atoms with Crippen LogP contribution in [-0.4, -0.2) is 48.7 Å². The van der Waals surface area contributed by atoms with Gasteiger partial charge in [-0.25, -0.2) is 0 Å². The zero-order chi connectivity index (χ0) is 13.7. The van der Waals surface area contributed by atoms with Crippen LogP contribution in [0.1, 0.15) is 12.8 Å². The lowest BCUT2D eigenvalue weighted by Crippen LogP contribution is -2.48. The van der Waals surface area contributed by atoms with Crippen LogP contribution in [0.4, 0.5) is 5.69 Å². The Morgan fingerprint density at radius 2 is 1.79 bits per heavy atom. The van der Waals surface area contributed by atoms with E-state index in [2.05, 4.69) is 4.90 Å². The van der Waals surface area contributed by atoms with E-state index in [0.29, 0.717) is 12.8 Å². The van der Waals surface area contributed by atoms with Gasteiger partial charge in [-0.3, -0.25) is 4.79 Å². The molecule has 1 amide bonds. The number of aliphatic hydroxyl groups excluding tert-OH is 1. The number of piperazine rings is 1. The Kier molecular flexibility index (Phi) is 5.05. The summed E-state index contributed by atoms with van der Waals surface area (Å²) in [6.45, 7) is 3.25. The third-order valence-electron chi connectivity index (χ3n) is 3.37. The van der Waals surface area contributed by atoms with Crippen LogP contribution in [0, 0.1) is 0 Å². The maximum atomic E-state index is 11.8. The Bertz CT molecular complexity index is 414. The third-order valence-corrected chi connectivity index (χ3v) is 3.62. The van der Waals surface area contributed by atoms with E-state index in [1.165, 1.54) is 0 Å². The van der Waals surface area contributed by atoms with Crippen LogP contribution in [-0.2, 0) is 4.79 Å². The summed E-state index contributed by atoms with van der Waals surface area (Å²) in [5, 5.41) is 9.47. The van der Waals surface area contributed by atoms with Crippen LogP contribution < -0.4 is 4.90 Å². The minimum absolute atomic E-state index is 0.0798. The van der Waals surface area contributed by atoms with Gasteiger partial charge < -0.3 is 14.9 Å². The summed E-state index contributed by atoms with van der Waals surface area (Å²) in [6, 6.07) is 7.78. The molecule has 1 N–H and O–H groups in total. The first-order chi connectivity index (χ1) is 9.20. The van der Waals surface area contributed by atoms with Crippen molar-refractivity contribution in [1.29, 1.82) is 0 Å². The van der Waals surface area contributed by atoms with Crippen molar-refractivity contribution in [3.63, 3.8) is 0 Å². The molecule has 0 spiro atoms. The van der Waals surface area contributed by atoms with Crippen LogP contribution in [0.2, 0.25) is 5.02 Å². The van der Waals surface area contributed by atoms with Gasteiger partial charge in [0.2, 0.25) is 5.91 Å². The molecule has 0 saturated carbocycles. The average molecular weight is 283 g/mol. The highest BCUT2D eigenvalue weighted by molar-refractivity contribution is 6.30. The molecule has 0 radical (unpaired) electrons. The molecule has 1 fully saturated rings. The van der Waals surface area contributed by atoms with E-state index in [-0.39, 0.29) is 12.5 Å². The van der Waals surface area contributed by atoms with Crippen LogP contribution in [0.5, 0.6) is 0 Å². The van der Waals surface area contributed by atoms with Gasteiger partial charge in [-0.1, -0.05) is 11.6 Å². The van der Waals surface area contributed by atoms with Gasteiger partial charge in [0.25, 0.3) is 0 Å². The van der Waals surface area contributed by atoms with E-state index in [1.54, 1.807) is 0 Å². The number of anilines is 1. The highest BCUT2D eigenvalue weighted by atomic mass is 35.5. The Hall–Kier alpha value is -1.26. The van der Waals surface area contributed by atoms with Gasteiger partial charge in [-0.2, -0.15) is 0 Å². The van der Waals surface area contributed by atoms with Gasteiger partial charge >= 0.3 is 0 Å². The van der Waals surface area contributed by atoms with E-state index in [0.717, 1.165) is 36.9 Å². The fraction of sp³-hybridized carbons (Fsp3) is 0.500. The number of carbonyl (C=O) groups excluding carboxylic acids is 1. The maximum absolute atomic E-state index is 11.8. The molecule has 0 aromatic heterocycles. The Balaban J connectivity index is 1.85. The number of carbonyl (C=O) groups is 1. The molecule has 1 heterocycles. The highest BCUT2D eigenvalue weighted by Crippen LogP contribution is 2.19. The number of nitrogens with zero attached hydrogens (tertiary/aromatic N) is 2. The monoisotopic (exact) mass is 282 g/mol. The summed E-state index contributed by atoms with van der Waals surface area (Å²) < 4.78 is 0. The largest absolute Gasteiger partial charge is 0.396 e. The van der Waals surface area contributed by atoms with Gasteiger partial charge in [0, 0.05) is 49.9 Å². The fourth-order valence-electron chi connectivity index (χ4n) is 2.25. The van der Waals surface area contributed by atoms with E-state index in [9.17, 15) is 4.79 Å². The zero-order valence-electron chi connectivity index (χ0n) is 10.9. The molecular weight excluding hydrogens is 264 g/mol. The SMILES string of the molecule is O=C(CCCO)N1CCN(c2ccc(Cl)cc2)CC1. The molecule has 0 atom stereocenters. The standard InChI is InChI=1S/C14H19ClN2O2/c15-12-3-5-13(6-4-12)16-7-9-17(10-8-16)14(19)2-1-11-18/h3-6,18H,1-2,7-11H2. The fourth-order valence-corrected chi connectivity index (χ4v) is 2.38. The number of amides is 1. The lowest BCUT2D eigenvalue weighted by Gasteiger charge is -2.36. The molecule has 1 aliphatic heterocycles. The van der Waals surface area contributed by atoms with Gasteiger partial charge in [0.15, 0.2) is 0 Å². The average Bonchev–Trinajstić information content (AvgIpc) is 2.46. The predicted octanol–water partition coefficient (Wildman–Crippen LogP) is 1.76. The van der Waals surface area contributed by atoms with E-state index in [4.69, 9.17) is 16.7 Å². The van der Waals surface area contributed by atoms with Crippen LogP contribution in [0.3, 0.4) is 0 Å². The van der Waals surface area contributed by atoms with E-state index >= 15 is 0 Å². The van der Waals surface area contributed by atoms with Crippen molar-refractivity contribution in [3.05, 3.63) is 29.3 Å². The first kappa shape index (κ1) is 14.2. The topological polar surface area (TPSA) is 43.8 Å². The molecule has 2 rings (SSSR count). The Labute approximate surface area is 118 Å². The van der Waals surface area contributed by atoms with Crippen LogP contribution in [0.15, 0.2) is 24.3 Å². The summed E-state index contributed by atoms with van der Waals surface area (Å²) in [7, 11) is 0. The predicted molar refractivity (Wildman–Crippen MR) is 76.6 cm³/mol. The summed E-state index contributed by atoms with van der Waals surface area (Å²) in [6.07, 6.45) is 0.994. The molecule has 0 bridgehead atoms. The highest BCUT2D eigenvalue weighted by Gasteiger charge is 2.20. The molecule has 0 unspecified atom stereocenters. The summed E-state index contributed by atoms with van der Waals surface area (Å²) in [4.78, 5) is 16.0. The molecule has 1 aliphatic rings. The zero-order valence-corrected chi connectivity index (χ0v) is 11.6. The molecule has 104 valence electrons. The van der Waals surface area contributed by atoms with Gasteiger partial charge in [0.05, 0.1) is 0 Å². The number of benzene rings is 1. The minimum atomic E-state index is 0.0798. The molecule has 0 aliphatic carbocycles. The van der Waals surface area contributed by atoms with E-state index < -0.39 is 0 Å². The normalized spacial score (nSPS) is 15.7. The Morgan fingerprint density at radius 1 is 1.16 bits per heavy atom. The molecule has 1 aromatic rings. The van der Waals surface area contributed by atoms with Crippen molar-refractivity contribution in [3.8, 4) is 0 Å². The smallest absolute Gasteiger partial charge is 0.222 e. The molecule has 5 heteroatoms. The summed E-state index contributed by atoms with van der Waals surface area (Å²) >= 11 is 5.87. The van der Waals surface area contributed by atoms with Crippen molar-refractivity contribution < 1.29 is 9.90 Å². The lowest BCUT2D eigenvalue weighted by molar-refractivity contribution is -0.131. The van der Waals surface area contributed by atoms with Crippen molar-refractivity contribution in [2.24, 2.45) is 0 Å². The first-order valence-electron chi connectivity index (χ1n) is 6.60. The second-order valence-corrected chi connectivity index (χ2v) is 5.11. The summed E-state index contributed by atoms with van der Waals surface area (Å²) in [5.41, 5.74) is 1.15. The summed E-state index contributed by atoms with van der Waals surface area (Å²) in [5.74, 6) is 0.143. The number of hydrogen-bond acceptors (Lipinski definition) is 3. The third kappa shape index (κ3) is 3.85. The number of hydrogen-bond donors (Lipinski definition) is 1. The number of aliphatic hydroxyl groups is 1.